The van der Waals surface area contributed by atoms with Crippen LogP contribution in [0.15, 0.2) is 163 Å². The molecule has 48 heavy (non-hydrogen) atoms. The van der Waals surface area contributed by atoms with Crippen molar-refractivity contribution in [3.05, 3.63) is 163 Å². The first kappa shape index (κ1) is 31.3. The lowest BCUT2D eigenvalue weighted by molar-refractivity contribution is 1.28. The Kier molecular flexibility index (Phi) is 8.60. The van der Waals surface area contributed by atoms with Crippen LogP contribution in [0.2, 0.25) is 0 Å². The van der Waals surface area contributed by atoms with Gasteiger partial charge in [-0.1, -0.05) is 161 Å². The molecule has 0 fully saturated rings. The van der Waals surface area contributed by atoms with Gasteiger partial charge in [-0.05, 0) is 70.4 Å². The van der Waals surface area contributed by atoms with Crippen molar-refractivity contribution in [3.8, 4) is 56.2 Å². The largest absolute Gasteiger partial charge is 0.245 e. The first-order chi connectivity index (χ1) is 23.4. The van der Waals surface area contributed by atoms with Gasteiger partial charge in [-0.15, -0.1) is 0 Å². The molecule has 0 N–H and O–H groups in total. The second kappa shape index (κ2) is 13.2. The van der Waals surface area contributed by atoms with Gasteiger partial charge in [0, 0.05) is 50.9 Å². The normalized spacial score (nSPS) is 11.3. The van der Waals surface area contributed by atoms with Gasteiger partial charge in [0.2, 0.25) is 0 Å². The lowest BCUT2D eigenvalue weighted by Crippen LogP contribution is -2.01. The molecule has 6 heteroatoms. The minimum atomic E-state index is 0.840. The fourth-order valence-corrected chi connectivity index (χ4v) is 8.05. The Morgan fingerprint density at radius 3 is 0.958 bits per heavy atom. The van der Waals surface area contributed by atoms with Gasteiger partial charge in [0.15, 0.2) is 0 Å². The van der Waals surface area contributed by atoms with Gasteiger partial charge < -0.3 is 0 Å². The molecule has 2 aromatic heterocycles. The summed E-state index contributed by atoms with van der Waals surface area (Å²) in [6.45, 7) is 0. The molecule has 2 nitrogen and oxygen atoms in total. The highest BCUT2D eigenvalue weighted by Crippen LogP contribution is 2.46. The van der Waals surface area contributed by atoms with E-state index in [1.54, 1.807) is 0 Å². The van der Waals surface area contributed by atoms with Crippen molar-refractivity contribution < 1.29 is 0 Å². The Labute approximate surface area is 312 Å². The standard InChI is InChI=1S/C42H24Br4N2/c43-29-13-5-9-25(21-29)37-33-17-1-3-19-35(33)41(47-39(37)27-11-7-15-31(45)23-27)42-36-20-4-2-18-34(36)38(26-10-6-14-30(44)22-26)40(48-42)28-12-8-16-32(46)24-28/h1-24H. The van der Waals surface area contributed by atoms with Crippen molar-refractivity contribution in [1.29, 1.82) is 0 Å². The maximum Gasteiger partial charge on any atom is 0.0979 e. The molecule has 6 aromatic carbocycles. The van der Waals surface area contributed by atoms with Crippen molar-refractivity contribution in [2.24, 2.45) is 0 Å². The van der Waals surface area contributed by atoms with Crippen LogP contribution >= 0.6 is 63.7 Å². The molecule has 0 atom stereocenters. The number of hydrogen-bond donors (Lipinski definition) is 0. The van der Waals surface area contributed by atoms with Gasteiger partial charge in [0.25, 0.3) is 0 Å². The minimum Gasteiger partial charge on any atom is -0.245 e. The zero-order chi connectivity index (χ0) is 32.8. The van der Waals surface area contributed by atoms with Crippen LogP contribution in [-0.4, -0.2) is 9.97 Å². The van der Waals surface area contributed by atoms with Crippen LogP contribution in [0, 0.1) is 0 Å². The summed E-state index contributed by atoms with van der Waals surface area (Å²) in [6.07, 6.45) is 0. The third-order valence-corrected chi connectivity index (χ3v) is 10.4. The predicted molar refractivity (Wildman–Crippen MR) is 215 cm³/mol. The van der Waals surface area contributed by atoms with E-state index in [9.17, 15) is 0 Å². The van der Waals surface area contributed by atoms with E-state index in [-0.39, 0.29) is 0 Å². The molecule has 230 valence electrons. The summed E-state index contributed by atoms with van der Waals surface area (Å²) >= 11 is 14.9. The molecule has 0 aliphatic carbocycles. The van der Waals surface area contributed by atoms with E-state index in [1.807, 2.05) is 12.1 Å². The minimum absolute atomic E-state index is 0.840. The molecule has 0 saturated carbocycles. The lowest BCUT2D eigenvalue weighted by Gasteiger charge is -2.20. The summed E-state index contributed by atoms with van der Waals surface area (Å²) in [5, 5.41) is 4.31. The second-order valence-electron chi connectivity index (χ2n) is 11.5. The van der Waals surface area contributed by atoms with Crippen LogP contribution in [0.1, 0.15) is 0 Å². The van der Waals surface area contributed by atoms with E-state index < -0.39 is 0 Å². The molecule has 0 aliphatic rings. The van der Waals surface area contributed by atoms with Crippen molar-refractivity contribution in [2.75, 3.05) is 0 Å². The van der Waals surface area contributed by atoms with Gasteiger partial charge in [0.05, 0.1) is 22.8 Å². The first-order valence-electron chi connectivity index (χ1n) is 15.3. The maximum absolute atomic E-state index is 5.59. The number of aromatic nitrogens is 2. The quantitative estimate of drug-likeness (QED) is 0.172. The summed E-state index contributed by atoms with van der Waals surface area (Å²) in [7, 11) is 0. The van der Waals surface area contributed by atoms with E-state index >= 15 is 0 Å². The fraction of sp³-hybridized carbons (Fsp3) is 0. The van der Waals surface area contributed by atoms with Gasteiger partial charge in [0.1, 0.15) is 0 Å². The molecule has 8 rings (SSSR count). The van der Waals surface area contributed by atoms with Crippen LogP contribution in [0.3, 0.4) is 0 Å². The summed E-state index contributed by atoms with van der Waals surface area (Å²) < 4.78 is 4.02. The van der Waals surface area contributed by atoms with Crippen LogP contribution in [-0.2, 0) is 0 Å². The summed E-state index contributed by atoms with van der Waals surface area (Å²) in [4.78, 5) is 11.2. The number of fused-ring (bicyclic) bond motifs is 2. The summed E-state index contributed by atoms with van der Waals surface area (Å²) in [6, 6.07) is 50.8. The lowest BCUT2D eigenvalue weighted by atomic mass is 9.89. The molecule has 0 aliphatic heterocycles. The fourth-order valence-electron chi connectivity index (χ4n) is 6.45. The monoisotopic (exact) mass is 872 g/mol. The molecule has 0 spiro atoms. The van der Waals surface area contributed by atoms with E-state index in [2.05, 4.69) is 197 Å². The number of benzene rings is 6. The number of nitrogens with zero attached hydrogens (tertiary/aromatic N) is 2. The highest BCUT2D eigenvalue weighted by molar-refractivity contribution is 9.11. The second-order valence-corrected chi connectivity index (χ2v) is 15.2. The van der Waals surface area contributed by atoms with Gasteiger partial charge in [-0.3, -0.25) is 0 Å². The molecule has 0 saturated heterocycles. The number of rotatable bonds is 5. The topological polar surface area (TPSA) is 25.8 Å². The summed E-state index contributed by atoms with van der Waals surface area (Å²) in [5.74, 6) is 0. The Morgan fingerprint density at radius 1 is 0.292 bits per heavy atom. The Bertz CT molecular complexity index is 2350. The SMILES string of the molecule is Brc1cccc(-c2nc(-c3nc(-c4cccc(Br)c4)c(-c4cccc(Br)c4)c4ccccc34)c3ccccc3c2-c2cccc(Br)c2)c1. The average Bonchev–Trinajstić information content (AvgIpc) is 3.10. The predicted octanol–water partition coefficient (Wildman–Crippen LogP) is 14.2. The van der Waals surface area contributed by atoms with Crippen LogP contribution in [0.4, 0.5) is 0 Å². The molecule has 0 radical (unpaired) electrons. The average molecular weight is 876 g/mol. The van der Waals surface area contributed by atoms with Crippen molar-refractivity contribution in [2.45, 2.75) is 0 Å². The molecular weight excluding hydrogens is 852 g/mol. The Morgan fingerprint density at radius 2 is 0.604 bits per heavy atom. The highest BCUT2D eigenvalue weighted by atomic mass is 79.9. The van der Waals surface area contributed by atoms with Crippen LogP contribution < -0.4 is 0 Å². The van der Waals surface area contributed by atoms with E-state index in [0.717, 1.165) is 95.6 Å². The molecule has 8 aromatic rings. The zero-order valence-corrected chi connectivity index (χ0v) is 31.6. The zero-order valence-electron chi connectivity index (χ0n) is 25.3. The molecular formula is C42H24Br4N2. The van der Waals surface area contributed by atoms with Gasteiger partial charge >= 0.3 is 0 Å². The van der Waals surface area contributed by atoms with E-state index in [1.165, 1.54) is 0 Å². The van der Waals surface area contributed by atoms with Gasteiger partial charge in [-0.25, -0.2) is 9.97 Å². The smallest absolute Gasteiger partial charge is 0.0979 e. The molecule has 2 heterocycles. The van der Waals surface area contributed by atoms with Crippen molar-refractivity contribution >= 4 is 85.3 Å². The highest BCUT2D eigenvalue weighted by Gasteiger charge is 2.23. The van der Waals surface area contributed by atoms with Crippen LogP contribution in [0.5, 0.6) is 0 Å². The third kappa shape index (κ3) is 5.85. The number of hydrogen-bond acceptors (Lipinski definition) is 2. The third-order valence-electron chi connectivity index (χ3n) is 8.47. The maximum atomic E-state index is 5.59. The molecule has 0 amide bonds. The summed E-state index contributed by atoms with van der Waals surface area (Å²) in [5.41, 5.74) is 9.86. The number of halogens is 4. The molecule has 0 bridgehead atoms. The van der Waals surface area contributed by atoms with Crippen molar-refractivity contribution in [3.63, 3.8) is 0 Å². The van der Waals surface area contributed by atoms with Crippen LogP contribution in [0.25, 0.3) is 77.7 Å². The van der Waals surface area contributed by atoms with E-state index in [0.29, 0.717) is 0 Å². The Balaban J connectivity index is 1.53. The number of pyridine rings is 2. The molecule has 0 unspecified atom stereocenters. The first-order valence-corrected chi connectivity index (χ1v) is 18.5. The Hall–Kier alpha value is -3.94. The van der Waals surface area contributed by atoms with Crippen molar-refractivity contribution in [1.82, 2.24) is 9.97 Å². The van der Waals surface area contributed by atoms with E-state index in [4.69, 9.17) is 9.97 Å². The van der Waals surface area contributed by atoms with Gasteiger partial charge in [-0.2, -0.15) is 0 Å².